The molecule has 0 spiro atoms. The molecular formula is C6H9F4N. The fraction of sp³-hybridized carbons (Fsp3) is 1.00. The van der Waals surface area contributed by atoms with Gasteiger partial charge in [-0.2, -0.15) is 13.2 Å². The smallest absolute Gasteiger partial charge is 0.316 e. The van der Waals surface area contributed by atoms with E-state index in [2.05, 4.69) is 5.32 Å². The topological polar surface area (TPSA) is 12.0 Å². The molecule has 0 aromatic rings. The van der Waals surface area contributed by atoms with E-state index in [1.165, 1.54) is 0 Å². The molecule has 1 aliphatic rings. The zero-order valence-corrected chi connectivity index (χ0v) is 5.79. The molecule has 0 radical (unpaired) electrons. The monoisotopic (exact) mass is 171 g/mol. The second-order valence-corrected chi connectivity index (χ2v) is 2.72. The minimum atomic E-state index is -4.25. The summed E-state index contributed by atoms with van der Waals surface area (Å²) in [5.74, 6) is -2.37. The summed E-state index contributed by atoms with van der Waals surface area (Å²) >= 11 is 0. The van der Waals surface area contributed by atoms with E-state index in [0.717, 1.165) is 0 Å². The second-order valence-electron chi connectivity index (χ2n) is 2.72. The fourth-order valence-corrected chi connectivity index (χ4v) is 1.28. The highest BCUT2D eigenvalue weighted by Crippen LogP contribution is 2.34. The van der Waals surface area contributed by atoms with E-state index in [1.807, 2.05) is 0 Å². The van der Waals surface area contributed by atoms with Gasteiger partial charge in [-0.05, 0) is 0 Å². The Morgan fingerprint density at radius 1 is 1.27 bits per heavy atom. The van der Waals surface area contributed by atoms with Crippen LogP contribution in [0.2, 0.25) is 0 Å². The number of hydrogen-bond donors (Lipinski definition) is 1. The molecule has 1 aliphatic heterocycles. The van der Waals surface area contributed by atoms with Crippen molar-refractivity contribution in [1.29, 1.82) is 0 Å². The number of rotatable bonds is 1. The van der Waals surface area contributed by atoms with Gasteiger partial charge < -0.3 is 5.32 Å². The first-order valence-corrected chi connectivity index (χ1v) is 3.39. The molecule has 1 N–H and O–H groups in total. The maximum atomic E-state index is 12.0. The van der Waals surface area contributed by atoms with Gasteiger partial charge in [-0.3, -0.25) is 4.39 Å². The lowest BCUT2D eigenvalue weighted by Gasteiger charge is -2.18. The minimum absolute atomic E-state index is 0.140. The van der Waals surface area contributed by atoms with Crippen molar-refractivity contribution < 1.29 is 17.6 Å². The molecule has 1 heterocycles. The van der Waals surface area contributed by atoms with Crippen LogP contribution in [-0.4, -0.2) is 25.9 Å². The summed E-state index contributed by atoms with van der Waals surface area (Å²) in [4.78, 5) is 0. The Morgan fingerprint density at radius 3 is 2.27 bits per heavy atom. The van der Waals surface area contributed by atoms with Gasteiger partial charge in [0.2, 0.25) is 0 Å². The zero-order chi connectivity index (χ0) is 8.48. The molecule has 0 aliphatic carbocycles. The van der Waals surface area contributed by atoms with Crippen LogP contribution in [0.5, 0.6) is 0 Å². The molecule has 0 aromatic carbocycles. The summed E-state index contributed by atoms with van der Waals surface area (Å²) in [6.45, 7) is -0.893. The van der Waals surface area contributed by atoms with Crippen molar-refractivity contribution in [2.24, 2.45) is 11.8 Å². The van der Waals surface area contributed by atoms with Crippen LogP contribution in [0, 0.1) is 11.8 Å². The van der Waals surface area contributed by atoms with E-state index in [9.17, 15) is 17.6 Å². The van der Waals surface area contributed by atoms with Crippen molar-refractivity contribution in [3.8, 4) is 0 Å². The van der Waals surface area contributed by atoms with Gasteiger partial charge in [-0.25, -0.2) is 0 Å². The van der Waals surface area contributed by atoms with Crippen LogP contribution in [0.1, 0.15) is 0 Å². The predicted octanol–water partition coefficient (Wildman–Crippen LogP) is 1.35. The summed E-state index contributed by atoms with van der Waals surface area (Å²) in [5, 5.41) is 2.52. The van der Waals surface area contributed by atoms with Gasteiger partial charge in [0.25, 0.3) is 0 Å². The van der Waals surface area contributed by atoms with Crippen LogP contribution < -0.4 is 5.32 Å². The van der Waals surface area contributed by atoms with E-state index in [0.29, 0.717) is 0 Å². The molecular weight excluding hydrogens is 162 g/mol. The van der Waals surface area contributed by atoms with Gasteiger partial charge in [0.05, 0.1) is 12.6 Å². The van der Waals surface area contributed by atoms with Crippen LogP contribution in [0.3, 0.4) is 0 Å². The summed E-state index contributed by atoms with van der Waals surface area (Å²) in [7, 11) is 0. The van der Waals surface area contributed by atoms with Crippen LogP contribution >= 0.6 is 0 Å². The molecule has 0 unspecified atom stereocenters. The highest BCUT2D eigenvalue weighted by molar-refractivity contribution is 4.85. The largest absolute Gasteiger partial charge is 0.393 e. The molecule has 11 heavy (non-hydrogen) atoms. The first-order valence-electron chi connectivity index (χ1n) is 3.39. The summed E-state index contributed by atoms with van der Waals surface area (Å²) in [6, 6.07) is 0. The highest BCUT2D eigenvalue weighted by atomic mass is 19.4. The summed E-state index contributed by atoms with van der Waals surface area (Å²) in [5.41, 5.74) is 0. The van der Waals surface area contributed by atoms with Gasteiger partial charge in [-0.15, -0.1) is 0 Å². The second kappa shape index (κ2) is 2.97. The quantitative estimate of drug-likeness (QED) is 0.587. The maximum Gasteiger partial charge on any atom is 0.393 e. The molecule has 1 fully saturated rings. The first kappa shape index (κ1) is 8.77. The molecule has 0 bridgehead atoms. The Hall–Kier alpha value is -0.320. The molecule has 1 nitrogen and oxygen atoms in total. The Balaban J connectivity index is 2.57. The van der Waals surface area contributed by atoms with Crippen LogP contribution in [0.25, 0.3) is 0 Å². The third kappa shape index (κ3) is 1.83. The van der Waals surface area contributed by atoms with Gasteiger partial charge >= 0.3 is 6.18 Å². The normalized spacial score (nSPS) is 32.7. The maximum absolute atomic E-state index is 12.0. The van der Waals surface area contributed by atoms with E-state index in [4.69, 9.17) is 0 Å². The third-order valence-corrected chi connectivity index (χ3v) is 1.96. The number of hydrogen-bond acceptors (Lipinski definition) is 1. The van der Waals surface area contributed by atoms with Gasteiger partial charge in [-0.1, -0.05) is 0 Å². The number of halogens is 4. The Bertz CT molecular complexity index is 133. The summed E-state index contributed by atoms with van der Waals surface area (Å²) < 4.78 is 47.9. The van der Waals surface area contributed by atoms with Crippen LogP contribution in [0.15, 0.2) is 0 Å². The molecule has 0 saturated carbocycles. The standard InChI is InChI=1S/C6H9F4N/c7-1-4-2-11-3-5(4)6(8,9)10/h4-5,11H,1-3H2/t4-,5+/m0/s1. The molecule has 0 amide bonds. The number of alkyl halides is 4. The molecule has 0 aromatic heterocycles. The van der Waals surface area contributed by atoms with Crippen molar-refractivity contribution in [1.82, 2.24) is 5.32 Å². The molecule has 1 rings (SSSR count). The molecule has 5 heteroatoms. The lowest BCUT2D eigenvalue weighted by molar-refractivity contribution is -0.180. The lowest BCUT2D eigenvalue weighted by Crippen LogP contribution is -2.30. The summed E-state index contributed by atoms with van der Waals surface area (Å²) in [6.07, 6.45) is -4.25. The molecule has 1 saturated heterocycles. The van der Waals surface area contributed by atoms with Crippen LogP contribution in [0.4, 0.5) is 17.6 Å². The van der Waals surface area contributed by atoms with Crippen molar-refractivity contribution >= 4 is 0 Å². The zero-order valence-electron chi connectivity index (χ0n) is 5.79. The van der Waals surface area contributed by atoms with E-state index in [-0.39, 0.29) is 13.1 Å². The Morgan fingerprint density at radius 2 is 1.91 bits per heavy atom. The van der Waals surface area contributed by atoms with E-state index in [1.54, 1.807) is 0 Å². The highest BCUT2D eigenvalue weighted by Gasteiger charge is 2.46. The SMILES string of the molecule is FC[C@H]1CNC[C@H]1C(F)(F)F. The van der Waals surface area contributed by atoms with Crippen LogP contribution in [-0.2, 0) is 0 Å². The Labute approximate surface area is 61.8 Å². The molecule has 2 atom stereocenters. The number of nitrogens with one attached hydrogen (secondary N) is 1. The fourth-order valence-electron chi connectivity index (χ4n) is 1.28. The predicted molar refractivity (Wildman–Crippen MR) is 31.9 cm³/mol. The Kier molecular flexibility index (Phi) is 2.37. The van der Waals surface area contributed by atoms with Gasteiger partial charge in [0.15, 0.2) is 0 Å². The molecule has 66 valence electrons. The van der Waals surface area contributed by atoms with Crippen molar-refractivity contribution in [3.63, 3.8) is 0 Å². The van der Waals surface area contributed by atoms with Gasteiger partial charge in [0.1, 0.15) is 0 Å². The third-order valence-electron chi connectivity index (χ3n) is 1.96. The van der Waals surface area contributed by atoms with Gasteiger partial charge in [0, 0.05) is 19.0 Å². The van der Waals surface area contributed by atoms with Crippen molar-refractivity contribution in [2.45, 2.75) is 6.18 Å². The van der Waals surface area contributed by atoms with E-state index < -0.39 is 24.7 Å². The average molecular weight is 171 g/mol. The van der Waals surface area contributed by atoms with E-state index >= 15 is 0 Å². The average Bonchev–Trinajstić information content (AvgIpc) is 2.31. The lowest BCUT2D eigenvalue weighted by atomic mass is 9.97. The first-order chi connectivity index (χ1) is 5.05. The van der Waals surface area contributed by atoms with Crippen molar-refractivity contribution in [3.05, 3.63) is 0 Å². The van der Waals surface area contributed by atoms with Crippen molar-refractivity contribution in [2.75, 3.05) is 19.8 Å². The minimum Gasteiger partial charge on any atom is -0.316 e.